The van der Waals surface area contributed by atoms with Crippen LogP contribution in [-0.4, -0.2) is 24.4 Å². The van der Waals surface area contributed by atoms with Crippen molar-refractivity contribution < 1.29 is 4.79 Å². The molecule has 98 valence electrons. The highest BCUT2D eigenvalue weighted by Gasteiger charge is 2.32. The van der Waals surface area contributed by atoms with Crippen molar-refractivity contribution in [2.75, 3.05) is 13.6 Å². The maximum atomic E-state index is 11.8. The third-order valence-corrected chi connectivity index (χ3v) is 4.42. The van der Waals surface area contributed by atoms with E-state index in [9.17, 15) is 4.79 Å². The second-order valence-corrected chi connectivity index (χ2v) is 5.63. The summed E-state index contributed by atoms with van der Waals surface area (Å²) < 4.78 is 0. The molecule has 1 fully saturated rings. The molecule has 1 aliphatic carbocycles. The molecule has 1 amide bonds. The minimum atomic E-state index is 0.203. The zero-order chi connectivity index (χ0) is 13.4. The van der Waals surface area contributed by atoms with Gasteiger partial charge < -0.3 is 4.90 Å². The van der Waals surface area contributed by atoms with Crippen molar-refractivity contribution in [1.29, 1.82) is 0 Å². The van der Waals surface area contributed by atoms with Gasteiger partial charge in [0.15, 0.2) is 5.69 Å². The number of likely N-dealkylation sites (tertiary alicyclic amines) is 1. The van der Waals surface area contributed by atoms with E-state index >= 15 is 0 Å². The average Bonchev–Trinajstić information content (AvgIpc) is 2.77. The molecule has 0 spiro atoms. The molecule has 2 aliphatic rings. The van der Waals surface area contributed by atoms with Gasteiger partial charge in [-0.25, -0.2) is 4.85 Å². The number of amides is 1. The Labute approximate surface area is 114 Å². The van der Waals surface area contributed by atoms with Crippen molar-refractivity contribution in [1.82, 2.24) is 4.90 Å². The monoisotopic (exact) mass is 254 g/mol. The molecule has 0 N–H and O–H groups in total. The van der Waals surface area contributed by atoms with Crippen molar-refractivity contribution in [3.05, 3.63) is 40.2 Å². The number of nitrogens with zero attached hydrogens (tertiary/aromatic N) is 2. The van der Waals surface area contributed by atoms with Crippen LogP contribution in [-0.2, 0) is 17.6 Å². The Bertz CT molecular complexity index is 571. The molecule has 19 heavy (non-hydrogen) atoms. The van der Waals surface area contributed by atoms with Gasteiger partial charge in [-0.2, -0.15) is 0 Å². The summed E-state index contributed by atoms with van der Waals surface area (Å²) in [7, 11) is 1.86. The van der Waals surface area contributed by atoms with E-state index < -0.39 is 0 Å². The molecule has 0 radical (unpaired) electrons. The van der Waals surface area contributed by atoms with Crippen molar-refractivity contribution in [2.45, 2.75) is 38.0 Å². The summed E-state index contributed by atoms with van der Waals surface area (Å²) in [6.07, 6.45) is 5.21. The second kappa shape index (κ2) is 4.70. The smallest absolute Gasteiger partial charge is 0.222 e. The van der Waals surface area contributed by atoms with Gasteiger partial charge in [0.1, 0.15) is 0 Å². The predicted octanol–water partition coefficient (Wildman–Crippen LogP) is 3.06. The molecule has 1 aromatic carbocycles. The molecular formula is C16H18N2O. The van der Waals surface area contributed by atoms with Crippen LogP contribution < -0.4 is 0 Å². The van der Waals surface area contributed by atoms with Gasteiger partial charge in [-0.05, 0) is 36.8 Å². The number of likely N-dealkylation sites (N-methyl/N-ethyl adjacent to an activating group) is 1. The Morgan fingerprint density at radius 3 is 2.79 bits per heavy atom. The number of carbonyl (C=O) groups excluding carboxylic acids is 1. The van der Waals surface area contributed by atoms with Crippen molar-refractivity contribution >= 4 is 11.6 Å². The molecule has 0 saturated carbocycles. The quantitative estimate of drug-likeness (QED) is 0.707. The van der Waals surface area contributed by atoms with E-state index in [1.54, 1.807) is 4.90 Å². The SMILES string of the molecule is [C-]#[N+]c1ccc2c(c1C1CC(=O)N(C)C1)CCCC2. The molecule has 0 bridgehead atoms. The van der Waals surface area contributed by atoms with Crippen LogP contribution in [0.2, 0.25) is 0 Å². The van der Waals surface area contributed by atoms with Crippen molar-refractivity contribution in [3.63, 3.8) is 0 Å². The van der Waals surface area contributed by atoms with Crippen LogP contribution >= 0.6 is 0 Å². The molecule has 1 aromatic rings. The third kappa shape index (κ3) is 2.02. The summed E-state index contributed by atoms with van der Waals surface area (Å²) in [5, 5.41) is 0. The highest BCUT2D eigenvalue weighted by Crippen LogP contribution is 2.40. The van der Waals surface area contributed by atoms with Crippen LogP contribution in [0.25, 0.3) is 4.85 Å². The number of rotatable bonds is 1. The highest BCUT2D eigenvalue weighted by molar-refractivity contribution is 5.80. The summed E-state index contributed by atoms with van der Waals surface area (Å²) in [5.41, 5.74) is 4.70. The van der Waals surface area contributed by atoms with Gasteiger partial charge in [-0.15, -0.1) is 0 Å². The number of benzene rings is 1. The molecule has 1 saturated heterocycles. The summed E-state index contributed by atoms with van der Waals surface area (Å²) in [4.78, 5) is 17.3. The number of carbonyl (C=O) groups is 1. The molecule has 3 rings (SSSR count). The van der Waals surface area contributed by atoms with Gasteiger partial charge >= 0.3 is 0 Å². The predicted molar refractivity (Wildman–Crippen MR) is 74.3 cm³/mol. The topological polar surface area (TPSA) is 24.7 Å². The molecule has 3 nitrogen and oxygen atoms in total. The fraction of sp³-hybridized carbons (Fsp3) is 0.500. The van der Waals surface area contributed by atoms with E-state index in [1.165, 1.54) is 29.5 Å². The lowest BCUT2D eigenvalue weighted by atomic mass is 9.82. The Morgan fingerprint density at radius 2 is 2.11 bits per heavy atom. The van der Waals surface area contributed by atoms with E-state index in [4.69, 9.17) is 6.57 Å². The van der Waals surface area contributed by atoms with Gasteiger partial charge in [0.05, 0.1) is 6.57 Å². The fourth-order valence-corrected chi connectivity index (χ4v) is 3.45. The Hall–Kier alpha value is -1.82. The van der Waals surface area contributed by atoms with E-state index in [0.717, 1.165) is 25.1 Å². The highest BCUT2D eigenvalue weighted by atomic mass is 16.2. The maximum Gasteiger partial charge on any atom is 0.222 e. The first-order valence-electron chi connectivity index (χ1n) is 6.96. The van der Waals surface area contributed by atoms with E-state index in [1.807, 2.05) is 13.1 Å². The van der Waals surface area contributed by atoms with E-state index in [2.05, 4.69) is 10.9 Å². The molecule has 1 atom stereocenters. The lowest BCUT2D eigenvalue weighted by Crippen LogP contribution is -2.19. The van der Waals surface area contributed by atoms with Gasteiger partial charge in [0.25, 0.3) is 0 Å². The van der Waals surface area contributed by atoms with E-state index in [-0.39, 0.29) is 11.8 Å². The van der Waals surface area contributed by atoms with Crippen LogP contribution in [0.5, 0.6) is 0 Å². The van der Waals surface area contributed by atoms with Crippen molar-refractivity contribution in [2.24, 2.45) is 0 Å². The van der Waals surface area contributed by atoms with Crippen LogP contribution in [0.3, 0.4) is 0 Å². The summed E-state index contributed by atoms with van der Waals surface area (Å²) in [5.74, 6) is 0.420. The molecule has 1 heterocycles. The first-order valence-corrected chi connectivity index (χ1v) is 6.96. The zero-order valence-corrected chi connectivity index (χ0v) is 11.3. The summed E-state index contributed by atoms with van der Waals surface area (Å²) in [6, 6.07) is 4.07. The number of hydrogen-bond donors (Lipinski definition) is 0. The standard InChI is InChI=1S/C16H18N2O/c1-17-14-8-7-11-5-3-4-6-13(11)16(14)12-9-15(19)18(2)10-12/h7-8,12H,3-6,9-10H2,2H3. The molecule has 0 aromatic heterocycles. The van der Waals surface area contributed by atoms with Crippen LogP contribution in [0.1, 0.15) is 41.9 Å². The fourth-order valence-electron chi connectivity index (χ4n) is 3.45. The third-order valence-electron chi connectivity index (χ3n) is 4.42. The van der Waals surface area contributed by atoms with Crippen molar-refractivity contribution in [3.8, 4) is 0 Å². The van der Waals surface area contributed by atoms with Gasteiger partial charge in [0.2, 0.25) is 5.91 Å². The first-order chi connectivity index (χ1) is 9.20. The number of hydrogen-bond acceptors (Lipinski definition) is 1. The molecule has 1 aliphatic heterocycles. The average molecular weight is 254 g/mol. The molecule has 3 heteroatoms. The Balaban J connectivity index is 2.08. The van der Waals surface area contributed by atoms with Crippen LogP contribution in [0.4, 0.5) is 5.69 Å². The summed E-state index contributed by atoms with van der Waals surface area (Å²) in [6.45, 7) is 8.15. The largest absolute Gasteiger partial charge is 0.345 e. The minimum Gasteiger partial charge on any atom is -0.345 e. The second-order valence-electron chi connectivity index (χ2n) is 5.63. The van der Waals surface area contributed by atoms with Crippen LogP contribution in [0.15, 0.2) is 12.1 Å². The Kier molecular flexibility index (Phi) is 3.02. The zero-order valence-electron chi connectivity index (χ0n) is 11.3. The summed E-state index contributed by atoms with van der Waals surface area (Å²) >= 11 is 0. The van der Waals surface area contributed by atoms with E-state index in [0.29, 0.717) is 6.42 Å². The minimum absolute atomic E-state index is 0.203. The maximum absolute atomic E-state index is 11.8. The van der Waals surface area contributed by atoms with Gasteiger partial charge in [-0.3, -0.25) is 4.79 Å². The molecular weight excluding hydrogens is 236 g/mol. The number of aryl methyl sites for hydroxylation is 1. The lowest BCUT2D eigenvalue weighted by molar-refractivity contribution is -0.126. The first kappa shape index (κ1) is 12.2. The normalized spacial score (nSPS) is 22.2. The van der Waals surface area contributed by atoms with Gasteiger partial charge in [0, 0.05) is 25.9 Å². The Morgan fingerprint density at radius 1 is 1.32 bits per heavy atom. The molecule has 1 unspecified atom stereocenters. The van der Waals surface area contributed by atoms with Gasteiger partial charge in [-0.1, -0.05) is 17.7 Å². The lowest BCUT2D eigenvalue weighted by Gasteiger charge is -2.23. The van der Waals surface area contributed by atoms with Crippen LogP contribution in [0, 0.1) is 6.57 Å². The number of fused-ring (bicyclic) bond motifs is 1.